The number of Topliss-reactive ketones (excluding diaryl/α,β-unsaturated/α-hetero) is 1. The molecular weight excluding hydrogens is 243 g/mol. The molecule has 19 heavy (non-hydrogen) atoms. The van der Waals surface area contributed by atoms with Crippen molar-refractivity contribution in [1.29, 1.82) is 0 Å². The molecule has 0 unspecified atom stereocenters. The zero-order valence-electron chi connectivity index (χ0n) is 10.5. The third kappa shape index (κ3) is 3.26. The van der Waals surface area contributed by atoms with Gasteiger partial charge in [0, 0.05) is 24.2 Å². The molecule has 0 heterocycles. The Balaban J connectivity index is 2.19. The molecule has 98 valence electrons. The molecule has 0 bridgehead atoms. The molecule has 3 heteroatoms. The number of halogens is 1. The molecule has 2 nitrogen and oxygen atoms in total. The van der Waals surface area contributed by atoms with Gasteiger partial charge in [0.15, 0.2) is 5.78 Å². The molecule has 0 aromatic heterocycles. The van der Waals surface area contributed by atoms with Crippen LogP contribution in [0.3, 0.4) is 0 Å². The summed E-state index contributed by atoms with van der Waals surface area (Å²) in [5.41, 5.74) is 1.86. The fourth-order valence-corrected chi connectivity index (χ4v) is 1.91. The first-order valence-electron chi connectivity index (χ1n) is 6.21. The molecule has 0 aliphatic carbocycles. The van der Waals surface area contributed by atoms with E-state index >= 15 is 0 Å². The summed E-state index contributed by atoms with van der Waals surface area (Å²) >= 11 is 0. The number of hydrogen-bond acceptors (Lipinski definition) is 2. The molecule has 0 fully saturated rings. The van der Waals surface area contributed by atoms with E-state index in [0.717, 1.165) is 5.56 Å². The third-order valence-electron chi connectivity index (χ3n) is 2.95. The van der Waals surface area contributed by atoms with E-state index < -0.39 is 0 Å². The Morgan fingerprint density at radius 3 is 2.37 bits per heavy atom. The number of hydrogen-bond donors (Lipinski definition) is 1. The fraction of sp³-hybridized carbons (Fsp3) is 0.188. The largest absolute Gasteiger partial charge is 0.396 e. The number of carbonyl (C=O) groups is 1. The van der Waals surface area contributed by atoms with Gasteiger partial charge < -0.3 is 5.11 Å². The molecule has 0 atom stereocenters. The summed E-state index contributed by atoms with van der Waals surface area (Å²) in [4.78, 5) is 11.7. The number of aliphatic hydroxyl groups excluding tert-OH is 1. The molecule has 0 saturated heterocycles. The van der Waals surface area contributed by atoms with Crippen molar-refractivity contribution < 1.29 is 14.3 Å². The van der Waals surface area contributed by atoms with Gasteiger partial charge in [0.25, 0.3) is 0 Å². The zero-order valence-corrected chi connectivity index (χ0v) is 10.5. The van der Waals surface area contributed by atoms with E-state index in [9.17, 15) is 9.18 Å². The van der Waals surface area contributed by atoms with Gasteiger partial charge in [0.1, 0.15) is 5.82 Å². The van der Waals surface area contributed by atoms with Crippen molar-refractivity contribution in [2.75, 3.05) is 6.61 Å². The number of rotatable bonds is 5. The topological polar surface area (TPSA) is 37.3 Å². The van der Waals surface area contributed by atoms with Gasteiger partial charge in [-0.15, -0.1) is 0 Å². The van der Waals surface area contributed by atoms with Crippen molar-refractivity contribution >= 4 is 5.78 Å². The molecule has 0 aliphatic rings. The van der Waals surface area contributed by atoms with Crippen LogP contribution in [0.4, 0.5) is 4.39 Å². The van der Waals surface area contributed by atoms with E-state index in [-0.39, 0.29) is 18.2 Å². The lowest BCUT2D eigenvalue weighted by Gasteiger charge is -2.05. The maximum Gasteiger partial charge on any atom is 0.162 e. The molecular formula is C16H15FO2. The Bertz CT molecular complexity index is 561. The summed E-state index contributed by atoms with van der Waals surface area (Å²) in [5.74, 6) is -0.281. The summed E-state index contributed by atoms with van der Waals surface area (Å²) in [6, 6.07) is 13.4. The minimum absolute atomic E-state index is 0.00543. The van der Waals surface area contributed by atoms with Crippen LogP contribution in [0.5, 0.6) is 0 Å². The maximum atomic E-state index is 13.6. The van der Waals surface area contributed by atoms with Gasteiger partial charge in [-0.3, -0.25) is 4.79 Å². The summed E-state index contributed by atoms with van der Waals surface area (Å²) in [5, 5.41) is 8.69. The average molecular weight is 258 g/mol. The van der Waals surface area contributed by atoms with Gasteiger partial charge in [0.2, 0.25) is 0 Å². The summed E-state index contributed by atoms with van der Waals surface area (Å²) < 4.78 is 13.6. The summed E-state index contributed by atoms with van der Waals surface area (Å²) in [6.45, 7) is 0.0129. The summed E-state index contributed by atoms with van der Waals surface area (Å²) in [6.07, 6.45) is 0.795. The molecule has 0 aliphatic heterocycles. The second-order valence-electron chi connectivity index (χ2n) is 4.31. The minimum atomic E-state index is -0.276. The van der Waals surface area contributed by atoms with Gasteiger partial charge >= 0.3 is 0 Å². The van der Waals surface area contributed by atoms with Crippen LogP contribution in [0.25, 0.3) is 11.1 Å². The zero-order chi connectivity index (χ0) is 13.7. The number of aliphatic hydroxyl groups is 1. The van der Waals surface area contributed by atoms with Gasteiger partial charge in [-0.2, -0.15) is 0 Å². The van der Waals surface area contributed by atoms with Crippen LogP contribution in [0.1, 0.15) is 23.2 Å². The second kappa shape index (κ2) is 6.25. The number of benzene rings is 2. The molecule has 0 saturated carbocycles. The first kappa shape index (κ1) is 13.4. The van der Waals surface area contributed by atoms with Crippen molar-refractivity contribution in [3.63, 3.8) is 0 Å². The molecule has 2 rings (SSSR count). The summed E-state index contributed by atoms with van der Waals surface area (Å²) in [7, 11) is 0. The number of ketones is 1. The molecule has 2 aromatic rings. The van der Waals surface area contributed by atoms with Crippen molar-refractivity contribution in [1.82, 2.24) is 0 Å². The molecule has 1 N–H and O–H groups in total. The van der Waals surface area contributed by atoms with Crippen molar-refractivity contribution in [2.24, 2.45) is 0 Å². The Kier molecular flexibility index (Phi) is 4.42. The SMILES string of the molecule is O=C(CCCO)c1ccc(-c2ccccc2F)cc1. The van der Waals surface area contributed by atoms with Crippen LogP contribution < -0.4 is 0 Å². The van der Waals surface area contributed by atoms with Gasteiger partial charge in [0.05, 0.1) is 0 Å². The Morgan fingerprint density at radius 2 is 1.74 bits per heavy atom. The van der Waals surface area contributed by atoms with E-state index in [1.807, 2.05) is 0 Å². The van der Waals surface area contributed by atoms with Crippen LogP contribution in [0.2, 0.25) is 0 Å². The highest BCUT2D eigenvalue weighted by Crippen LogP contribution is 2.23. The lowest BCUT2D eigenvalue weighted by atomic mass is 10.0. The standard InChI is InChI=1S/C16H15FO2/c17-15-5-2-1-4-14(15)12-7-9-13(10-8-12)16(19)6-3-11-18/h1-2,4-5,7-10,18H,3,6,11H2. The van der Waals surface area contributed by atoms with Crippen molar-refractivity contribution in [3.8, 4) is 11.1 Å². The van der Waals surface area contributed by atoms with E-state index in [2.05, 4.69) is 0 Å². The van der Waals surface area contributed by atoms with Crippen molar-refractivity contribution in [3.05, 3.63) is 59.9 Å². The monoisotopic (exact) mass is 258 g/mol. The van der Waals surface area contributed by atoms with E-state index in [4.69, 9.17) is 5.11 Å². The number of carbonyl (C=O) groups excluding carboxylic acids is 1. The predicted octanol–water partition coefficient (Wildman–Crippen LogP) is 3.45. The van der Waals surface area contributed by atoms with E-state index in [1.54, 1.807) is 42.5 Å². The highest BCUT2D eigenvalue weighted by Gasteiger charge is 2.07. The lowest BCUT2D eigenvalue weighted by Crippen LogP contribution is -2.00. The van der Waals surface area contributed by atoms with E-state index in [0.29, 0.717) is 24.0 Å². The van der Waals surface area contributed by atoms with Crippen LogP contribution in [0.15, 0.2) is 48.5 Å². The quantitative estimate of drug-likeness (QED) is 0.834. The fourth-order valence-electron chi connectivity index (χ4n) is 1.91. The predicted molar refractivity (Wildman–Crippen MR) is 72.5 cm³/mol. The molecule has 0 spiro atoms. The van der Waals surface area contributed by atoms with Crippen molar-refractivity contribution in [2.45, 2.75) is 12.8 Å². The van der Waals surface area contributed by atoms with E-state index in [1.165, 1.54) is 6.07 Å². The normalized spacial score (nSPS) is 10.4. The van der Waals surface area contributed by atoms with Crippen LogP contribution >= 0.6 is 0 Å². The smallest absolute Gasteiger partial charge is 0.162 e. The first-order valence-corrected chi connectivity index (χ1v) is 6.21. The highest BCUT2D eigenvalue weighted by atomic mass is 19.1. The average Bonchev–Trinajstić information content (AvgIpc) is 2.45. The van der Waals surface area contributed by atoms with Crippen LogP contribution in [-0.2, 0) is 0 Å². The Hall–Kier alpha value is -2.00. The van der Waals surface area contributed by atoms with Gasteiger partial charge in [-0.1, -0.05) is 42.5 Å². The molecule has 0 amide bonds. The minimum Gasteiger partial charge on any atom is -0.396 e. The molecule has 0 radical (unpaired) electrons. The first-order chi connectivity index (χ1) is 9.22. The lowest BCUT2D eigenvalue weighted by molar-refractivity contribution is 0.0971. The van der Waals surface area contributed by atoms with Gasteiger partial charge in [-0.05, 0) is 18.1 Å². The van der Waals surface area contributed by atoms with Crippen LogP contribution in [0, 0.1) is 5.82 Å². The van der Waals surface area contributed by atoms with Gasteiger partial charge in [-0.25, -0.2) is 4.39 Å². The second-order valence-corrected chi connectivity index (χ2v) is 4.31. The highest BCUT2D eigenvalue weighted by molar-refractivity contribution is 5.96. The molecule has 2 aromatic carbocycles. The van der Waals surface area contributed by atoms with Crippen LogP contribution in [-0.4, -0.2) is 17.5 Å². The Labute approximate surface area is 111 Å². The third-order valence-corrected chi connectivity index (χ3v) is 2.95. The maximum absolute atomic E-state index is 13.6. The Morgan fingerprint density at radius 1 is 1.05 bits per heavy atom.